The molecule has 0 atom stereocenters. The summed E-state index contributed by atoms with van der Waals surface area (Å²) >= 11 is 0. The zero-order valence-electron chi connectivity index (χ0n) is 16.0. The van der Waals surface area contributed by atoms with Crippen LogP contribution in [-0.2, 0) is 16.6 Å². The topological polar surface area (TPSA) is 66.5 Å². The molecule has 27 heavy (non-hydrogen) atoms. The van der Waals surface area contributed by atoms with Crippen LogP contribution in [0.2, 0.25) is 0 Å². The minimum atomic E-state index is -3.50. The Hall–Kier alpha value is -2.18. The molecule has 0 aliphatic heterocycles. The maximum absolute atomic E-state index is 13.0. The fraction of sp³-hybridized carbons (Fsp3) is 0.381. The fourth-order valence-electron chi connectivity index (χ4n) is 3.02. The molecule has 0 radical (unpaired) electrons. The third-order valence-electron chi connectivity index (χ3n) is 4.93. The van der Waals surface area contributed by atoms with E-state index in [9.17, 15) is 13.2 Å². The van der Waals surface area contributed by atoms with Gasteiger partial charge < -0.3 is 4.90 Å². The van der Waals surface area contributed by atoms with Gasteiger partial charge in [-0.3, -0.25) is 4.79 Å². The molecular weight excluding hydrogens is 360 g/mol. The quantitative estimate of drug-likeness (QED) is 0.792. The predicted molar refractivity (Wildman–Crippen MR) is 106 cm³/mol. The minimum Gasteiger partial charge on any atom is -0.331 e. The lowest BCUT2D eigenvalue weighted by Gasteiger charge is -2.23. The smallest absolute Gasteiger partial charge is 0.254 e. The summed E-state index contributed by atoms with van der Waals surface area (Å²) < 4.78 is 26.0. The van der Waals surface area contributed by atoms with E-state index < -0.39 is 10.0 Å². The van der Waals surface area contributed by atoms with E-state index in [1.807, 2.05) is 4.90 Å². The highest BCUT2D eigenvalue weighted by Crippen LogP contribution is 2.30. The molecule has 0 unspecified atom stereocenters. The summed E-state index contributed by atoms with van der Waals surface area (Å²) in [5.41, 5.74) is 2.90. The van der Waals surface area contributed by atoms with Gasteiger partial charge in [0.25, 0.3) is 5.91 Å². The van der Waals surface area contributed by atoms with E-state index in [0.29, 0.717) is 18.0 Å². The van der Waals surface area contributed by atoms with Crippen molar-refractivity contribution in [3.05, 3.63) is 65.2 Å². The molecule has 1 amide bonds. The van der Waals surface area contributed by atoms with Crippen molar-refractivity contribution in [2.75, 3.05) is 7.05 Å². The van der Waals surface area contributed by atoms with E-state index in [1.54, 1.807) is 12.1 Å². The first-order valence-electron chi connectivity index (χ1n) is 9.25. The van der Waals surface area contributed by atoms with E-state index in [4.69, 9.17) is 0 Å². The third-order valence-corrected chi connectivity index (χ3v) is 6.36. The van der Waals surface area contributed by atoms with Crippen molar-refractivity contribution in [2.24, 2.45) is 0 Å². The van der Waals surface area contributed by atoms with Crippen molar-refractivity contribution < 1.29 is 13.2 Å². The Morgan fingerprint density at radius 2 is 1.67 bits per heavy atom. The van der Waals surface area contributed by atoms with Crippen LogP contribution in [-0.4, -0.2) is 32.3 Å². The van der Waals surface area contributed by atoms with Crippen molar-refractivity contribution in [3.8, 4) is 0 Å². The van der Waals surface area contributed by atoms with Crippen molar-refractivity contribution >= 4 is 15.9 Å². The van der Waals surface area contributed by atoms with Gasteiger partial charge in [0.2, 0.25) is 10.0 Å². The van der Waals surface area contributed by atoms with Crippen molar-refractivity contribution in [3.63, 3.8) is 0 Å². The number of amides is 1. The first kappa shape index (κ1) is 19.6. The number of rotatable bonds is 7. The number of hydrogen-bond donors (Lipinski definition) is 1. The lowest BCUT2D eigenvalue weighted by molar-refractivity contribution is 0.0730. The molecular formula is C21H26N2O3S. The molecule has 1 N–H and O–H groups in total. The zero-order chi connectivity index (χ0) is 19.6. The van der Waals surface area contributed by atoms with E-state index in [0.717, 1.165) is 18.4 Å². The highest BCUT2D eigenvalue weighted by molar-refractivity contribution is 7.89. The Labute approximate surface area is 161 Å². The number of nitrogens with zero attached hydrogens (tertiary/aromatic N) is 1. The lowest BCUT2D eigenvalue weighted by atomic mass is 10.0. The van der Waals surface area contributed by atoms with Crippen LogP contribution in [0.5, 0.6) is 0 Å². The summed E-state index contributed by atoms with van der Waals surface area (Å²) in [5, 5.41) is 0. The normalized spacial score (nSPS) is 14.4. The van der Waals surface area contributed by atoms with Crippen molar-refractivity contribution in [1.82, 2.24) is 9.62 Å². The highest BCUT2D eigenvalue weighted by atomic mass is 32.2. The summed E-state index contributed by atoms with van der Waals surface area (Å²) in [7, 11) is -2.13. The fourth-order valence-corrected chi connectivity index (χ4v) is 3.75. The number of hydrogen-bond acceptors (Lipinski definition) is 3. The number of carbonyl (C=O) groups is 1. The molecule has 5 nitrogen and oxygen atoms in total. The third kappa shape index (κ3) is 4.57. The second kappa shape index (κ2) is 7.82. The predicted octanol–water partition coefficient (Wildman–Crippen LogP) is 3.52. The second-order valence-electron chi connectivity index (χ2n) is 7.29. The monoisotopic (exact) mass is 386 g/mol. The van der Waals surface area contributed by atoms with Crippen LogP contribution in [0.3, 0.4) is 0 Å². The Kier molecular flexibility index (Phi) is 5.67. The average Bonchev–Trinajstić information content (AvgIpc) is 3.51. The summed E-state index contributed by atoms with van der Waals surface area (Å²) in [6, 6.07) is 14.8. The maximum Gasteiger partial charge on any atom is 0.254 e. The van der Waals surface area contributed by atoms with Gasteiger partial charge in [-0.25, -0.2) is 13.1 Å². The molecule has 0 saturated heterocycles. The summed E-state index contributed by atoms with van der Waals surface area (Å²) in [6.45, 7) is 4.89. The number of benzene rings is 2. The summed E-state index contributed by atoms with van der Waals surface area (Å²) in [6.07, 6.45) is 2.03. The molecule has 0 bridgehead atoms. The maximum atomic E-state index is 13.0. The molecule has 1 saturated carbocycles. The highest BCUT2D eigenvalue weighted by Gasteiger charge is 2.33. The van der Waals surface area contributed by atoms with Gasteiger partial charge in [-0.1, -0.05) is 38.1 Å². The van der Waals surface area contributed by atoms with E-state index in [-0.39, 0.29) is 16.8 Å². The number of carbonyl (C=O) groups excluding carboxylic acids is 1. The van der Waals surface area contributed by atoms with Gasteiger partial charge in [-0.2, -0.15) is 0 Å². The molecule has 1 fully saturated rings. The molecule has 0 heterocycles. The van der Waals surface area contributed by atoms with Crippen LogP contribution in [0.4, 0.5) is 0 Å². The standard InChI is InChI=1S/C21H26N2O3S/c1-15(2)17-6-4-16(5-7-17)14-23(19-10-11-19)21(24)18-8-12-20(13-9-18)27(25,26)22-3/h4-9,12-13,15,19,22H,10-11,14H2,1-3H3. The van der Waals surface area contributed by atoms with Crippen molar-refractivity contribution in [1.29, 1.82) is 0 Å². The average molecular weight is 387 g/mol. The van der Waals surface area contributed by atoms with Crippen LogP contribution in [0, 0.1) is 0 Å². The summed E-state index contributed by atoms with van der Waals surface area (Å²) in [4.78, 5) is 15.0. The molecule has 6 heteroatoms. The van der Waals surface area contributed by atoms with Crippen LogP contribution in [0.25, 0.3) is 0 Å². The molecule has 2 aromatic rings. The molecule has 1 aliphatic rings. The van der Waals surface area contributed by atoms with Gasteiger partial charge in [-0.05, 0) is 61.2 Å². The molecule has 2 aromatic carbocycles. The summed E-state index contributed by atoms with van der Waals surface area (Å²) in [5.74, 6) is 0.423. The van der Waals surface area contributed by atoms with Gasteiger partial charge in [0.05, 0.1) is 4.90 Å². The Balaban J connectivity index is 1.78. The first-order chi connectivity index (χ1) is 12.8. The van der Waals surface area contributed by atoms with Gasteiger partial charge in [0.1, 0.15) is 0 Å². The molecule has 0 spiro atoms. The largest absolute Gasteiger partial charge is 0.331 e. The molecule has 0 aromatic heterocycles. The minimum absolute atomic E-state index is 0.0566. The van der Waals surface area contributed by atoms with E-state index in [2.05, 4.69) is 42.8 Å². The Bertz CT molecular complexity index is 899. The van der Waals surface area contributed by atoms with Crippen LogP contribution in [0.1, 0.15) is 54.1 Å². The van der Waals surface area contributed by atoms with Gasteiger partial charge in [-0.15, -0.1) is 0 Å². The number of nitrogens with one attached hydrogen (secondary N) is 1. The molecule has 1 aliphatic carbocycles. The molecule has 3 rings (SSSR count). The second-order valence-corrected chi connectivity index (χ2v) is 9.18. The number of sulfonamides is 1. The van der Waals surface area contributed by atoms with Crippen molar-refractivity contribution in [2.45, 2.75) is 50.1 Å². The van der Waals surface area contributed by atoms with Crippen LogP contribution < -0.4 is 4.72 Å². The first-order valence-corrected chi connectivity index (χ1v) is 10.7. The van der Waals surface area contributed by atoms with Crippen LogP contribution >= 0.6 is 0 Å². The van der Waals surface area contributed by atoms with E-state index >= 15 is 0 Å². The van der Waals surface area contributed by atoms with Crippen LogP contribution in [0.15, 0.2) is 53.4 Å². The van der Waals surface area contributed by atoms with E-state index in [1.165, 1.54) is 24.7 Å². The Morgan fingerprint density at radius 3 is 2.15 bits per heavy atom. The van der Waals surface area contributed by atoms with Gasteiger partial charge in [0.15, 0.2) is 0 Å². The zero-order valence-corrected chi connectivity index (χ0v) is 16.8. The lowest BCUT2D eigenvalue weighted by Crippen LogP contribution is -2.32. The Morgan fingerprint density at radius 1 is 1.07 bits per heavy atom. The SMILES string of the molecule is CNS(=O)(=O)c1ccc(C(=O)N(Cc2ccc(C(C)C)cc2)C2CC2)cc1. The molecule has 144 valence electrons. The van der Waals surface area contributed by atoms with Gasteiger partial charge >= 0.3 is 0 Å². The van der Waals surface area contributed by atoms with Gasteiger partial charge in [0, 0.05) is 18.2 Å².